The van der Waals surface area contributed by atoms with Gasteiger partial charge in [0.1, 0.15) is 0 Å². The summed E-state index contributed by atoms with van der Waals surface area (Å²) >= 11 is 0. The van der Waals surface area contributed by atoms with Crippen LogP contribution in [0.4, 0.5) is 0 Å². The van der Waals surface area contributed by atoms with Crippen LogP contribution in [-0.4, -0.2) is 21.7 Å². The first-order chi connectivity index (χ1) is 7.82. The molecule has 0 radical (unpaired) electrons. The monoisotopic (exact) mass is 238 g/mol. The second-order valence-corrected chi connectivity index (χ2v) is 4.67. The highest BCUT2D eigenvalue weighted by molar-refractivity contribution is 5.75. The molecule has 0 spiro atoms. The summed E-state index contributed by atoms with van der Waals surface area (Å²) in [6.45, 7) is 4.04. The van der Waals surface area contributed by atoms with Crippen molar-refractivity contribution in [1.82, 2.24) is 5.32 Å². The molecule has 5 N–H and O–H groups in total. The van der Waals surface area contributed by atoms with Crippen molar-refractivity contribution in [3.8, 4) is 11.5 Å². The van der Waals surface area contributed by atoms with Gasteiger partial charge in [-0.15, -0.1) is 0 Å². The molecule has 1 aromatic carbocycles. The van der Waals surface area contributed by atoms with E-state index in [2.05, 4.69) is 5.32 Å². The van der Waals surface area contributed by atoms with Crippen molar-refractivity contribution in [3.05, 3.63) is 23.8 Å². The molecule has 0 saturated heterocycles. The number of hydrogen-bond acceptors (Lipinski definition) is 4. The van der Waals surface area contributed by atoms with E-state index in [-0.39, 0.29) is 23.8 Å². The first-order valence-corrected chi connectivity index (χ1v) is 5.35. The van der Waals surface area contributed by atoms with Crippen LogP contribution in [-0.2, 0) is 11.3 Å². The molecular weight excluding hydrogens is 220 g/mol. The smallest absolute Gasteiger partial charge is 0.219 e. The van der Waals surface area contributed by atoms with Crippen molar-refractivity contribution < 1.29 is 15.0 Å². The molecule has 1 amide bonds. The Balaban J connectivity index is 2.67. The molecule has 0 atom stereocenters. The average Bonchev–Trinajstić information content (AvgIpc) is 2.18. The maximum Gasteiger partial charge on any atom is 0.219 e. The number of nitrogens with two attached hydrogens (primary N) is 1. The number of rotatable bonds is 5. The molecule has 1 aromatic rings. The Labute approximate surface area is 100 Å². The fraction of sp³-hybridized carbons (Fsp3) is 0.417. The van der Waals surface area contributed by atoms with Crippen molar-refractivity contribution in [2.45, 2.75) is 32.4 Å². The fourth-order valence-corrected chi connectivity index (χ4v) is 1.55. The largest absolute Gasteiger partial charge is 0.504 e. The lowest BCUT2D eigenvalue weighted by molar-refractivity contribution is -0.119. The molecule has 0 aliphatic carbocycles. The predicted molar refractivity (Wildman–Crippen MR) is 64.5 cm³/mol. The summed E-state index contributed by atoms with van der Waals surface area (Å²) in [5.74, 6) is -0.686. The van der Waals surface area contributed by atoms with E-state index in [0.29, 0.717) is 12.1 Å². The standard InChI is InChI=1S/C12H18N2O3/c1-12(2,6-10(13)16)14-7-8-4-3-5-9(15)11(8)17/h3-5,14-15,17H,6-7H2,1-2H3,(H2,13,16). The lowest BCUT2D eigenvalue weighted by Crippen LogP contribution is -2.42. The van der Waals surface area contributed by atoms with Crippen LogP contribution in [0.15, 0.2) is 18.2 Å². The highest BCUT2D eigenvalue weighted by Crippen LogP contribution is 2.28. The van der Waals surface area contributed by atoms with E-state index in [0.717, 1.165) is 0 Å². The molecule has 0 heterocycles. The summed E-state index contributed by atoms with van der Waals surface area (Å²) < 4.78 is 0. The molecule has 1 rings (SSSR count). The molecule has 0 aliphatic rings. The van der Waals surface area contributed by atoms with Gasteiger partial charge in [-0.2, -0.15) is 0 Å². The Kier molecular flexibility index (Phi) is 3.96. The van der Waals surface area contributed by atoms with E-state index in [4.69, 9.17) is 5.73 Å². The number of nitrogens with one attached hydrogen (secondary N) is 1. The van der Waals surface area contributed by atoms with Gasteiger partial charge in [-0.05, 0) is 19.9 Å². The number of phenols is 2. The van der Waals surface area contributed by atoms with Crippen LogP contribution in [0.3, 0.4) is 0 Å². The second-order valence-electron chi connectivity index (χ2n) is 4.67. The number of primary amides is 1. The van der Waals surface area contributed by atoms with E-state index in [1.807, 2.05) is 13.8 Å². The van der Waals surface area contributed by atoms with E-state index in [1.165, 1.54) is 6.07 Å². The zero-order valence-electron chi connectivity index (χ0n) is 10.0. The van der Waals surface area contributed by atoms with Crippen molar-refractivity contribution >= 4 is 5.91 Å². The predicted octanol–water partition coefficient (Wildman–Crippen LogP) is 0.841. The van der Waals surface area contributed by atoms with Crippen molar-refractivity contribution in [2.75, 3.05) is 0 Å². The highest BCUT2D eigenvalue weighted by Gasteiger charge is 2.20. The molecule has 0 saturated carbocycles. The number of phenolic OH excluding ortho intramolecular Hbond substituents is 2. The minimum Gasteiger partial charge on any atom is -0.504 e. The minimum atomic E-state index is -0.455. The van der Waals surface area contributed by atoms with Gasteiger partial charge >= 0.3 is 0 Å². The summed E-state index contributed by atoms with van der Waals surface area (Å²) in [7, 11) is 0. The molecule has 94 valence electrons. The first-order valence-electron chi connectivity index (χ1n) is 5.35. The molecule has 5 heteroatoms. The summed E-state index contributed by atoms with van der Waals surface area (Å²) in [5, 5.41) is 22.0. The van der Waals surface area contributed by atoms with Crippen molar-refractivity contribution in [2.24, 2.45) is 5.73 Å². The van der Waals surface area contributed by atoms with E-state index < -0.39 is 5.54 Å². The molecule has 0 bridgehead atoms. The van der Waals surface area contributed by atoms with E-state index >= 15 is 0 Å². The maximum atomic E-state index is 10.8. The summed E-state index contributed by atoms with van der Waals surface area (Å²) in [6, 6.07) is 4.75. The molecule has 5 nitrogen and oxygen atoms in total. The Morgan fingerprint density at radius 1 is 1.41 bits per heavy atom. The molecule has 0 aromatic heterocycles. The lowest BCUT2D eigenvalue weighted by Gasteiger charge is -2.25. The second kappa shape index (κ2) is 5.05. The molecule has 17 heavy (non-hydrogen) atoms. The van der Waals surface area contributed by atoms with Gasteiger partial charge in [-0.1, -0.05) is 12.1 Å². The van der Waals surface area contributed by atoms with Gasteiger partial charge in [0, 0.05) is 24.1 Å². The van der Waals surface area contributed by atoms with Gasteiger partial charge in [0.2, 0.25) is 5.91 Å². The van der Waals surface area contributed by atoms with Gasteiger partial charge in [0.05, 0.1) is 0 Å². The summed E-state index contributed by atoms with van der Waals surface area (Å²) in [6.07, 6.45) is 0.201. The molecular formula is C12H18N2O3. The maximum absolute atomic E-state index is 10.8. The van der Waals surface area contributed by atoms with Crippen LogP contribution < -0.4 is 11.1 Å². The minimum absolute atomic E-state index is 0.144. The van der Waals surface area contributed by atoms with Crippen LogP contribution in [0.1, 0.15) is 25.8 Å². The topological polar surface area (TPSA) is 95.6 Å². The van der Waals surface area contributed by atoms with Gasteiger partial charge in [-0.25, -0.2) is 0 Å². The Morgan fingerprint density at radius 2 is 2.06 bits per heavy atom. The SMILES string of the molecule is CC(C)(CC(N)=O)NCc1cccc(O)c1O. The number of hydrogen-bond donors (Lipinski definition) is 4. The number of benzene rings is 1. The number of amides is 1. The van der Waals surface area contributed by atoms with E-state index in [9.17, 15) is 15.0 Å². The third-order valence-electron chi connectivity index (χ3n) is 2.47. The number of carbonyl (C=O) groups excluding carboxylic acids is 1. The van der Waals surface area contributed by atoms with Crippen LogP contribution >= 0.6 is 0 Å². The van der Waals surface area contributed by atoms with Crippen LogP contribution in [0.25, 0.3) is 0 Å². The molecule has 0 fully saturated rings. The van der Waals surface area contributed by atoms with Crippen LogP contribution in [0.5, 0.6) is 11.5 Å². The van der Waals surface area contributed by atoms with E-state index in [1.54, 1.807) is 12.1 Å². The van der Waals surface area contributed by atoms with Gasteiger partial charge in [-0.3, -0.25) is 4.79 Å². The average molecular weight is 238 g/mol. The number of para-hydroxylation sites is 1. The van der Waals surface area contributed by atoms with Gasteiger partial charge in [0.25, 0.3) is 0 Å². The first kappa shape index (κ1) is 13.3. The third kappa shape index (κ3) is 3.96. The Morgan fingerprint density at radius 3 is 2.65 bits per heavy atom. The fourth-order valence-electron chi connectivity index (χ4n) is 1.55. The Hall–Kier alpha value is -1.75. The third-order valence-corrected chi connectivity index (χ3v) is 2.47. The Bertz CT molecular complexity index is 416. The zero-order valence-corrected chi connectivity index (χ0v) is 10.0. The summed E-state index contributed by atoms with van der Waals surface area (Å²) in [4.78, 5) is 10.8. The van der Waals surface area contributed by atoms with Crippen molar-refractivity contribution in [3.63, 3.8) is 0 Å². The normalized spacial score (nSPS) is 11.4. The highest BCUT2D eigenvalue weighted by atomic mass is 16.3. The number of aromatic hydroxyl groups is 2. The van der Waals surface area contributed by atoms with Crippen LogP contribution in [0.2, 0.25) is 0 Å². The van der Waals surface area contributed by atoms with Gasteiger partial charge < -0.3 is 21.3 Å². The van der Waals surface area contributed by atoms with Crippen LogP contribution in [0, 0.1) is 0 Å². The molecule has 0 aliphatic heterocycles. The zero-order chi connectivity index (χ0) is 13.1. The number of carbonyl (C=O) groups is 1. The lowest BCUT2D eigenvalue weighted by atomic mass is 9.99. The van der Waals surface area contributed by atoms with Gasteiger partial charge in [0.15, 0.2) is 11.5 Å². The molecule has 0 unspecified atom stereocenters. The quantitative estimate of drug-likeness (QED) is 0.572. The summed E-state index contributed by atoms with van der Waals surface area (Å²) in [5.41, 5.74) is 5.25. The van der Waals surface area contributed by atoms with Crippen molar-refractivity contribution in [1.29, 1.82) is 0 Å².